The summed E-state index contributed by atoms with van der Waals surface area (Å²) in [6, 6.07) is 13.5. The summed E-state index contributed by atoms with van der Waals surface area (Å²) < 4.78 is 5.27. The van der Waals surface area contributed by atoms with E-state index in [9.17, 15) is 14.4 Å². The van der Waals surface area contributed by atoms with E-state index in [1.807, 2.05) is 31.2 Å². The molecule has 180 valence electrons. The van der Waals surface area contributed by atoms with Crippen LogP contribution in [0, 0.1) is 0 Å². The van der Waals surface area contributed by atoms with Gasteiger partial charge in [-0.15, -0.1) is 0 Å². The molecule has 1 atom stereocenters. The van der Waals surface area contributed by atoms with Crippen LogP contribution in [0.25, 0.3) is 0 Å². The quantitative estimate of drug-likeness (QED) is 0.467. The van der Waals surface area contributed by atoms with Gasteiger partial charge in [0.25, 0.3) is 0 Å². The van der Waals surface area contributed by atoms with Crippen molar-refractivity contribution in [2.75, 3.05) is 23.8 Å². The van der Waals surface area contributed by atoms with Gasteiger partial charge in [-0.1, -0.05) is 38.1 Å². The highest BCUT2D eigenvalue weighted by Crippen LogP contribution is 2.32. The monoisotopic (exact) mass is 464 g/mol. The number of ether oxygens (including phenoxy) is 1. The smallest absolute Gasteiger partial charge is 0.338 e. The van der Waals surface area contributed by atoms with Crippen LogP contribution >= 0.6 is 0 Å². The van der Waals surface area contributed by atoms with E-state index in [-0.39, 0.29) is 18.7 Å². The van der Waals surface area contributed by atoms with Gasteiger partial charge < -0.3 is 20.7 Å². The molecule has 8 heteroatoms. The van der Waals surface area contributed by atoms with Crippen molar-refractivity contribution in [1.29, 1.82) is 0 Å². The molecule has 1 aliphatic heterocycles. The van der Waals surface area contributed by atoms with Crippen LogP contribution in [0.15, 0.2) is 59.8 Å². The Balaban J connectivity index is 1.78. The van der Waals surface area contributed by atoms with E-state index in [1.165, 1.54) is 0 Å². The molecule has 2 aromatic rings. The Morgan fingerprint density at radius 1 is 1.03 bits per heavy atom. The van der Waals surface area contributed by atoms with Gasteiger partial charge in [0.15, 0.2) is 0 Å². The molecule has 0 saturated carbocycles. The van der Waals surface area contributed by atoms with E-state index < -0.39 is 12.0 Å². The van der Waals surface area contributed by atoms with Crippen molar-refractivity contribution in [3.05, 3.63) is 70.9 Å². The minimum atomic E-state index is -0.640. The van der Waals surface area contributed by atoms with Crippen LogP contribution in [0.3, 0.4) is 0 Å². The van der Waals surface area contributed by atoms with Gasteiger partial charge in [-0.2, -0.15) is 0 Å². The standard InChI is InChI=1S/C26H32N4O4/c1-5-15-30-17(4)22(24(31)34-7-3)23(29-26(30)33)19-11-13-20(14-12-19)27-25(32)28-21-10-8-9-18(6-2)16-21/h8-14,16,23H,5-7,15H2,1-4H3,(H,29,33)(H2,27,28,32). The van der Waals surface area contributed by atoms with Gasteiger partial charge in [0.1, 0.15) is 0 Å². The van der Waals surface area contributed by atoms with Crippen molar-refractivity contribution in [1.82, 2.24) is 10.2 Å². The molecule has 0 fully saturated rings. The average Bonchev–Trinajstić information content (AvgIpc) is 2.82. The summed E-state index contributed by atoms with van der Waals surface area (Å²) in [6.45, 7) is 8.29. The largest absolute Gasteiger partial charge is 0.463 e. The van der Waals surface area contributed by atoms with Crippen LogP contribution < -0.4 is 16.0 Å². The molecule has 1 unspecified atom stereocenters. The fourth-order valence-corrected chi connectivity index (χ4v) is 3.92. The first-order valence-corrected chi connectivity index (χ1v) is 11.6. The van der Waals surface area contributed by atoms with E-state index in [1.54, 1.807) is 43.0 Å². The van der Waals surface area contributed by atoms with E-state index >= 15 is 0 Å². The third kappa shape index (κ3) is 5.75. The maximum Gasteiger partial charge on any atom is 0.338 e. The summed E-state index contributed by atoms with van der Waals surface area (Å²) in [5, 5.41) is 8.55. The molecule has 3 N–H and O–H groups in total. The zero-order chi connectivity index (χ0) is 24.7. The molecular formula is C26H32N4O4. The van der Waals surface area contributed by atoms with Crippen LogP contribution in [-0.2, 0) is 16.0 Å². The molecule has 0 aromatic heterocycles. The number of aryl methyl sites for hydroxylation is 1. The third-order valence-electron chi connectivity index (χ3n) is 5.63. The third-order valence-corrected chi connectivity index (χ3v) is 5.63. The highest BCUT2D eigenvalue weighted by atomic mass is 16.5. The highest BCUT2D eigenvalue weighted by molar-refractivity contribution is 6.00. The lowest BCUT2D eigenvalue weighted by atomic mass is 9.94. The molecule has 8 nitrogen and oxygen atoms in total. The summed E-state index contributed by atoms with van der Waals surface area (Å²) >= 11 is 0. The van der Waals surface area contributed by atoms with E-state index in [0.29, 0.717) is 29.1 Å². The first-order valence-electron chi connectivity index (χ1n) is 11.6. The predicted octanol–water partition coefficient (Wildman–Crippen LogP) is 5.21. The number of amides is 4. The molecule has 34 heavy (non-hydrogen) atoms. The van der Waals surface area contributed by atoms with Gasteiger partial charge in [0, 0.05) is 23.6 Å². The normalized spacial score (nSPS) is 15.6. The second-order valence-electron chi connectivity index (χ2n) is 8.01. The van der Waals surface area contributed by atoms with Gasteiger partial charge in [-0.3, -0.25) is 4.90 Å². The number of hydrogen-bond donors (Lipinski definition) is 3. The first-order chi connectivity index (χ1) is 16.4. The zero-order valence-corrected chi connectivity index (χ0v) is 20.1. The van der Waals surface area contributed by atoms with Crippen molar-refractivity contribution in [3.8, 4) is 0 Å². The van der Waals surface area contributed by atoms with Crippen molar-refractivity contribution in [3.63, 3.8) is 0 Å². The number of nitrogens with zero attached hydrogens (tertiary/aromatic N) is 1. The summed E-state index contributed by atoms with van der Waals surface area (Å²) in [5.41, 5.74) is 4.15. The number of nitrogens with one attached hydrogen (secondary N) is 3. The molecule has 0 aliphatic carbocycles. The molecule has 1 heterocycles. The number of benzene rings is 2. The van der Waals surface area contributed by atoms with Crippen molar-refractivity contribution < 1.29 is 19.1 Å². The van der Waals surface area contributed by atoms with Gasteiger partial charge >= 0.3 is 18.0 Å². The average molecular weight is 465 g/mol. The van der Waals surface area contributed by atoms with E-state index in [4.69, 9.17) is 4.74 Å². The summed E-state index contributed by atoms with van der Waals surface area (Å²) in [6.07, 6.45) is 1.64. The SMILES string of the molecule is CCCN1C(=O)NC(c2ccc(NC(=O)Nc3cccc(CC)c3)cc2)C(C(=O)OCC)=C1C. The topological polar surface area (TPSA) is 99.8 Å². The molecule has 2 aromatic carbocycles. The Bertz CT molecular complexity index is 1080. The number of anilines is 2. The van der Waals surface area contributed by atoms with Crippen LogP contribution in [0.4, 0.5) is 21.0 Å². The number of hydrogen-bond acceptors (Lipinski definition) is 4. The van der Waals surface area contributed by atoms with Crippen molar-refractivity contribution in [2.45, 2.75) is 46.6 Å². The molecular weight excluding hydrogens is 432 g/mol. The molecule has 0 saturated heterocycles. The Morgan fingerprint density at radius 3 is 2.38 bits per heavy atom. The fraction of sp³-hybridized carbons (Fsp3) is 0.346. The minimum Gasteiger partial charge on any atom is -0.463 e. The maximum atomic E-state index is 12.8. The van der Waals surface area contributed by atoms with Crippen molar-refractivity contribution in [2.24, 2.45) is 0 Å². The lowest BCUT2D eigenvalue weighted by Gasteiger charge is -2.35. The summed E-state index contributed by atoms with van der Waals surface area (Å²) in [7, 11) is 0. The maximum absolute atomic E-state index is 12.8. The molecule has 0 radical (unpaired) electrons. The minimum absolute atomic E-state index is 0.239. The van der Waals surface area contributed by atoms with E-state index in [2.05, 4.69) is 22.9 Å². The number of allylic oxidation sites excluding steroid dienone is 1. The Kier molecular flexibility index (Phi) is 8.29. The molecule has 0 bridgehead atoms. The molecule has 4 amide bonds. The second-order valence-corrected chi connectivity index (χ2v) is 8.01. The van der Waals surface area contributed by atoms with Gasteiger partial charge in [0.2, 0.25) is 0 Å². The second kappa shape index (κ2) is 11.4. The van der Waals surface area contributed by atoms with Gasteiger partial charge in [0.05, 0.1) is 18.2 Å². The van der Waals surface area contributed by atoms with Crippen LogP contribution in [0.5, 0.6) is 0 Å². The fourth-order valence-electron chi connectivity index (χ4n) is 3.92. The lowest BCUT2D eigenvalue weighted by Crippen LogP contribution is -2.48. The van der Waals surface area contributed by atoms with E-state index in [0.717, 1.165) is 24.1 Å². The lowest BCUT2D eigenvalue weighted by molar-refractivity contribution is -0.139. The summed E-state index contributed by atoms with van der Waals surface area (Å²) in [5.74, 6) is -0.456. The zero-order valence-electron chi connectivity index (χ0n) is 20.1. The number of urea groups is 2. The van der Waals surface area contributed by atoms with Crippen LogP contribution in [-0.4, -0.2) is 36.1 Å². The van der Waals surface area contributed by atoms with Crippen LogP contribution in [0.1, 0.15) is 51.3 Å². The molecule has 0 spiro atoms. The Morgan fingerprint density at radius 2 is 1.74 bits per heavy atom. The van der Waals surface area contributed by atoms with Crippen LogP contribution in [0.2, 0.25) is 0 Å². The van der Waals surface area contributed by atoms with Gasteiger partial charge in [-0.25, -0.2) is 14.4 Å². The predicted molar refractivity (Wildman–Crippen MR) is 133 cm³/mol. The number of carbonyl (C=O) groups is 3. The highest BCUT2D eigenvalue weighted by Gasteiger charge is 2.36. The number of rotatable bonds is 8. The van der Waals surface area contributed by atoms with Crippen molar-refractivity contribution >= 4 is 29.4 Å². The molecule has 1 aliphatic rings. The van der Waals surface area contributed by atoms with Gasteiger partial charge in [-0.05, 0) is 62.1 Å². The molecule has 3 rings (SSSR count). The Hall–Kier alpha value is -3.81. The number of carbonyl (C=O) groups excluding carboxylic acids is 3. The summed E-state index contributed by atoms with van der Waals surface area (Å²) in [4.78, 5) is 39.4. The Labute approximate surface area is 200 Å². The number of esters is 1. The first kappa shape index (κ1) is 24.8.